The summed E-state index contributed by atoms with van der Waals surface area (Å²) >= 11 is 0. The number of nitrogens with two attached hydrogens (primary N) is 2. The van der Waals surface area contributed by atoms with E-state index in [1.165, 1.54) is 12.8 Å². The summed E-state index contributed by atoms with van der Waals surface area (Å²) in [5.74, 6) is 0.809. The number of primary amides is 1. The fraction of sp³-hybridized carbons (Fsp3) is 0.278. The van der Waals surface area contributed by atoms with Crippen molar-refractivity contribution in [1.82, 2.24) is 4.98 Å². The van der Waals surface area contributed by atoms with Crippen molar-refractivity contribution in [3.8, 4) is 16.9 Å². The van der Waals surface area contributed by atoms with E-state index in [0.29, 0.717) is 22.8 Å². The Kier molecular flexibility index (Phi) is 4.57. The topological polar surface area (TPSA) is 115 Å². The number of nitrogens with one attached hydrogen (secondary N) is 1. The molecule has 5 N–H and O–H groups in total. The number of pyridine rings is 1. The van der Waals surface area contributed by atoms with Crippen LogP contribution in [0.1, 0.15) is 28.8 Å². The molecule has 0 unspecified atom stereocenters. The summed E-state index contributed by atoms with van der Waals surface area (Å²) in [7, 11) is 0. The summed E-state index contributed by atoms with van der Waals surface area (Å²) < 4.78 is 5.75. The first-order valence-electron chi connectivity index (χ1n) is 7.88. The van der Waals surface area contributed by atoms with E-state index in [1.807, 2.05) is 6.07 Å². The lowest BCUT2D eigenvalue weighted by atomic mass is 9.96. The lowest BCUT2D eigenvalue weighted by molar-refractivity contribution is 0.1000. The third-order valence-electron chi connectivity index (χ3n) is 4.04. The maximum absolute atomic E-state index is 11.6. The number of rotatable bonds is 7. The number of nitrogens with zero attached hydrogens (tertiary/aromatic N) is 1. The summed E-state index contributed by atoms with van der Waals surface area (Å²) in [5, 5.41) is 7.96. The Balaban J connectivity index is 1.92. The molecule has 6 nitrogen and oxygen atoms in total. The Morgan fingerprint density at radius 3 is 2.67 bits per heavy atom. The number of aromatic nitrogens is 1. The normalized spacial score (nSPS) is 13.5. The predicted molar refractivity (Wildman–Crippen MR) is 92.3 cm³/mol. The lowest BCUT2D eigenvalue weighted by Crippen LogP contribution is -2.20. The van der Waals surface area contributed by atoms with Gasteiger partial charge in [-0.1, -0.05) is 6.07 Å². The zero-order chi connectivity index (χ0) is 17.1. The van der Waals surface area contributed by atoms with Crippen LogP contribution in [0.3, 0.4) is 0 Å². The zero-order valence-electron chi connectivity index (χ0n) is 13.3. The number of hydrogen-bond acceptors (Lipinski definition) is 5. The first-order valence-corrected chi connectivity index (χ1v) is 7.88. The van der Waals surface area contributed by atoms with Crippen LogP contribution in [0.15, 0.2) is 36.7 Å². The predicted octanol–water partition coefficient (Wildman–Crippen LogP) is 1.96. The summed E-state index contributed by atoms with van der Waals surface area (Å²) in [6.45, 7) is 0.751. The first kappa shape index (κ1) is 16.1. The van der Waals surface area contributed by atoms with E-state index in [0.717, 1.165) is 17.7 Å². The van der Waals surface area contributed by atoms with Crippen LogP contribution in [0.25, 0.3) is 11.1 Å². The summed E-state index contributed by atoms with van der Waals surface area (Å²) in [6, 6.07) is 7.06. The molecular weight excluding hydrogens is 304 g/mol. The van der Waals surface area contributed by atoms with Crippen LogP contribution in [0.5, 0.6) is 5.75 Å². The van der Waals surface area contributed by atoms with Gasteiger partial charge in [-0.15, -0.1) is 0 Å². The van der Waals surface area contributed by atoms with Crippen LogP contribution < -0.4 is 16.2 Å². The van der Waals surface area contributed by atoms with Crippen LogP contribution in [-0.2, 0) is 0 Å². The van der Waals surface area contributed by atoms with Crippen molar-refractivity contribution in [2.24, 2.45) is 17.4 Å². The van der Waals surface area contributed by atoms with E-state index in [-0.39, 0.29) is 12.3 Å². The van der Waals surface area contributed by atoms with E-state index in [1.54, 1.807) is 30.6 Å². The van der Waals surface area contributed by atoms with Crippen molar-refractivity contribution < 1.29 is 9.53 Å². The van der Waals surface area contributed by atoms with Crippen LogP contribution in [0, 0.1) is 11.3 Å². The van der Waals surface area contributed by atoms with Gasteiger partial charge in [0.05, 0.1) is 18.5 Å². The first-order chi connectivity index (χ1) is 11.6. The number of carbonyl (C=O) groups is 1. The molecule has 0 aliphatic heterocycles. The van der Waals surface area contributed by atoms with Crippen LogP contribution in [-0.4, -0.2) is 29.8 Å². The Bertz CT molecular complexity index is 784. The quantitative estimate of drug-likeness (QED) is 0.675. The smallest absolute Gasteiger partial charge is 0.249 e. The highest BCUT2D eigenvalue weighted by Crippen LogP contribution is 2.30. The fourth-order valence-electron chi connectivity index (χ4n) is 2.45. The molecule has 1 aliphatic carbocycles. The molecule has 0 saturated heterocycles. The summed E-state index contributed by atoms with van der Waals surface area (Å²) in [5.41, 5.74) is 13.5. The van der Waals surface area contributed by atoms with Gasteiger partial charge in [0.1, 0.15) is 5.75 Å². The van der Waals surface area contributed by atoms with Gasteiger partial charge in [-0.25, -0.2) is 0 Å². The molecule has 3 rings (SSSR count). The van der Waals surface area contributed by atoms with E-state index in [4.69, 9.17) is 21.6 Å². The SMILES string of the molecule is N=C(CN)c1cc(-c2cncc(OCC3CC3)c2)ccc1C(N)=O. The van der Waals surface area contributed by atoms with Gasteiger partial charge < -0.3 is 21.6 Å². The molecule has 6 heteroatoms. The maximum atomic E-state index is 11.6. The third kappa shape index (κ3) is 3.60. The minimum atomic E-state index is -0.575. The number of hydrogen-bond donors (Lipinski definition) is 3. The number of amides is 1. The van der Waals surface area contributed by atoms with Gasteiger partial charge in [0.2, 0.25) is 5.91 Å². The number of ether oxygens (including phenoxy) is 1. The molecule has 1 aliphatic rings. The van der Waals surface area contributed by atoms with Gasteiger partial charge in [-0.05, 0) is 42.5 Å². The Hall–Kier alpha value is -2.73. The molecule has 2 aromatic rings. The number of carbonyl (C=O) groups excluding carboxylic acids is 1. The zero-order valence-corrected chi connectivity index (χ0v) is 13.3. The van der Waals surface area contributed by atoms with E-state index >= 15 is 0 Å². The highest BCUT2D eigenvalue weighted by molar-refractivity contribution is 6.10. The Labute approximate surface area is 140 Å². The third-order valence-corrected chi connectivity index (χ3v) is 4.04. The molecule has 1 aromatic carbocycles. The molecule has 1 aromatic heterocycles. The monoisotopic (exact) mass is 324 g/mol. The molecule has 1 amide bonds. The largest absolute Gasteiger partial charge is 0.492 e. The van der Waals surface area contributed by atoms with Crippen LogP contribution in [0.4, 0.5) is 0 Å². The minimum absolute atomic E-state index is 0.0342. The summed E-state index contributed by atoms with van der Waals surface area (Å²) in [6.07, 6.45) is 5.87. The van der Waals surface area contributed by atoms with Crippen molar-refractivity contribution >= 4 is 11.6 Å². The molecular formula is C18H20N4O2. The van der Waals surface area contributed by atoms with Crippen molar-refractivity contribution in [1.29, 1.82) is 5.41 Å². The van der Waals surface area contributed by atoms with Gasteiger partial charge in [0, 0.05) is 29.4 Å². The molecule has 0 spiro atoms. The Morgan fingerprint density at radius 2 is 2.00 bits per heavy atom. The van der Waals surface area contributed by atoms with Gasteiger partial charge >= 0.3 is 0 Å². The van der Waals surface area contributed by atoms with E-state index < -0.39 is 5.91 Å². The second-order valence-electron chi connectivity index (χ2n) is 5.97. The molecule has 0 bridgehead atoms. The number of benzene rings is 1. The lowest BCUT2D eigenvalue weighted by Gasteiger charge is -2.11. The average Bonchev–Trinajstić information content (AvgIpc) is 3.43. The molecule has 124 valence electrons. The van der Waals surface area contributed by atoms with Gasteiger partial charge in [0.15, 0.2) is 0 Å². The standard InChI is InChI=1S/C18H20N4O2/c19-7-17(20)16-6-12(3-4-15(16)18(21)23)13-5-14(9-22-8-13)24-10-11-1-2-11/h3-6,8-9,11,20H,1-2,7,10,19H2,(H2,21,23). The highest BCUT2D eigenvalue weighted by Gasteiger charge is 2.22. The van der Waals surface area contributed by atoms with Gasteiger partial charge in [-0.3, -0.25) is 9.78 Å². The molecule has 0 radical (unpaired) electrons. The van der Waals surface area contributed by atoms with Gasteiger partial charge in [-0.2, -0.15) is 0 Å². The fourth-order valence-corrected chi connectivity index (χ4v) is 2.45. The van der Waals surface area contributed by atoms with Crippen LogP contribution >= 0.6 is 0 Å². The molecule has 1 saturated carbocycles. The van der Waals surface area contributed by atoms with Crippen molar-refractivity contribution in [2.75, 3.05) is 13.2 Å². The van der Waals surface area contributed by atoms with E-state index in [2.05, 4.69) is 4.98 Å². The Morgan fingerprint density at radius 1 is 1.21 bits per heavy atom. The second-order valence-corrected chi connectivity index (χ2v) is 5.97. The van der Waals surface area contributed by atoms with Crippen molar-refractivity contribution in [2.45, 2.75) is 12.8 Å². The highest BCUT2D eigenvalue weighted by atomic mass is 16.5. The van der Waals surface area contributed by atoms with E-state index in [9.17, 15) is 4.79 Å². The van der Waals surface area contributed by atoms with Crippen molar-refractivity contribution in [3.05, 3.63) is 47.8 Å². The maximum Gasteiger partial charge on any atom is 0.249 e. The molecule has 1 fully saturated rings. The van der Waals surface area contributed by atoms with Crippen molar-refractivity contribution in [3.63, 3.8) is 0 Å². The van der Waals surface area contributed by atoms with Crippen LogP contribution in [0.2, 0.25) is 0 Å². The molecule has 24 heavy (non-hydrogen) atoms. The summed E-state index contributed by atoms with van der Waals surface area (Å²) in [4.78, 5) is 15.8. The van der Waals surface area contributed by atoms with Gasteiger partial charge in [0.25, 0.3) is 0 Å². The molecule has 1 heterocycles. The minimum Gasteiger partial charge on any atom is -0.492 e. The average molecular weight is 324 g/mol. The molecule has 0 atom stereocenters. The second kappa shape index (κ2) is 6.80.